The van der Waals surface area contributed by atoms with Crippen LogP contribution >= 0.6 is 0 Å². The Kier molecular flexibility index (Phi) is 4.88. The predicted octanol–water partition coefficient (Wildman–Crippen LogP) is 4.31. The van der Waals surface area contributed by atoms with Gasteiger partial charge < -0.3 is 4.90 Å². The number of nitrogens with one attached hydrogen (secondary N) is 1. The van der Waals surface area contributed by atoms with E-state index in [1.807, 2.05) is 37.3 Å². The number of nitrogens with zero attached hydrogens (tertiary/aromatic N) is 1. The molecule has 1 heterocycles. The molecule has 0 fully saturated rings. The van der Waals surface area contributed by atoms with Gasteiger partial charge in [0, 0.05) is 23.5 Å². The van der Waals surface area contributed by atoms with Gasteiger partial charge in [-0.05, 0) is 67.3 Å². The van der Waals surface area contributed by atoms with E-state index in [0.717, 1.165) is 23.2 Å². The summed E-state index contributed by atoms with van der Waals surface area (Å²) in [5.41, 5.74) is 4.41. The second-order valence-corrected chi connectivity index (χ2v) is 8.94. The SMILES string of the molecule is Cc1ccc(C)c(S(=O)(=O)Nc2cccc(C(=O)N3CCc4ccccc43)c2)c1. The molecule has 0 saturated heterocycles. The number of fused-ring (bicyclic) bond motifs is 1. The molecular weight excluding hydrogens is 384 g/mol. The molecule has 1 aliphatic rings. The maximum atomic E-state index is 13.0. The fraction of sp³-hybridized carbons (Fsp3) is 0.174. The Hall–Kier alpha value is -3.12. The summed E-state index contributed by atoms with van der Waals surface area (Å²) in [4.78, 5) is 15.0. The molecule has 0 aromatic heterocycles. The Morgan fingerprint density at radius 1 is 0.966 bits per heavy atom. The summed E-state index contributed by atoms with van der Waals surface area (Å²) in [6.45, 7) is 4.24. The summed E-state index contributed by atoms with van der Waals surface area (Å²) in [6, 6.07) is 19.8. The maximum Gasteiger partial charge on any atom is 0.262 e. The van der Waals surface area contributed by atoms with Crippen molar-refractivity contribution in [1.82, 2.24) is 0 Å². The van der Waals surface area contributed by atoms with Gasteiger partial charge in [-0.2, -0.15) is 0 Å². The molecule has 0 spiro atoms. The molecule has 148 valence electrons. The van der Waals surface area contributed by atoms with Gasteiger partial charge in [0.05, 0.1) is 4.90 Å². The van der Waals surface area contributed by atoms with E-state index in [1.165, 1.54) is 0 Å². The highest BCUT2D eigenvalue weighted by Gasteiger charge is 2.25. The van der Waals surface area contributed by atoms with E-state index in [2.05, 4.69) is 4.72 Å². The summed E-state index contributed by atoms with van der Waals surface area (Å²) in [6.07, 6.45) is 0.820. The molecule has 29 heavy (non-hydrogen) atoms. The Morgan fingerprint density at radius 2 is 1.76 bits per heavy atom. The van der Waals surface area contributed by atoms with Crippen molar-refractivity contribution in [1.29, 1.82) is 0 Å². The molecule has 5 nitrogen and oxygen atoms in total. The largest absolute Gasteiger partial charge is 0.308 e. The van der Waals surface area contributed by atoms with Crippen molar-refractivity contribution in [2.24, 2.45) is 0 Å². The zero-order valence-electron chi connectivity index (χ0n) is 16.3. The molecule has 1 N–H and O–H groups in total. The van der Waals surface area contributed by atoms with E-state index in [-0.39, 0.29) is 10.8 Å². The number of amides is 1. The zero-order chi connectivity index (χ0) is 20.6. The van der Waals surface area contributed by atoms with Crippen molar-refractivity contribution in [3.8, 4) is 0 Å². The van der Waals surface area contributed by atoms with Crippen LogP contribution in [0.4, 0.5) is 11.4 Å². The minimum absolute atomic E-state index is 0.136. The molecule has 1 amide bonds. The van der Waals surface area contributed by atoms with Crippen LogP contribution in [0.1, 0.15) is 27.0 Å². The minimum atomic E-state index is -3.75. The van der Waals surface area contributed by atoms with Crippen LogP contribution in [-0.4, -0.2) is 20.9 Å². The van der Waals surface area contributed by atoms with E-state index >= 15 is 0 Å². The average Bonchev–Trinajstić information content (AvgIpc) is 3.13. The first-order chi connectivity index (χ1) is 13.8. The number of sulfonamides is 1. The zero-order valence-corrected chi connectivity index (χ0v) is 17.2. The topological polar surface area (TPSA) is 66.5 Å². The third-order valence-electron chi connectivity index (χ3n) is 5.13. The predicted molar refractivity (Wildman–Crippen MR) is 115 cm³/mol. The van der Waals surface area contributed by atoms with Crippen LogP contribution in [0.3, 0.4) is 0 Å². The molecule has 0 unspecified atom stereocenters. The van der Waals surface area contributed by atoms with Gasteiger partial charge in [-0.3, -0.25) is 9.52 Å². The number of hydrogen-bond donors (Lipinski definition) is 1. The van der Waals surface area contributed by atoms with Crippen LogP contribution in [0.2, 0.25) is 0 Å². The van der Waals surface area contributed by atoms with E-state index in [0.29, 0.717) is 23.4 Å². The van der Waals surface area contributed by atoms with Crippen LogP contribution in [0.15, 0.2) is 71.6 Å². The summed E-state index contributed by atoms with van der Waals surface area (Å²) < 4.78 is 28.3. The lowest BCUT2D eigenvalue weighted by molar-refractivity contribution is 0.0989. The highest BCUT2D eigenvalue weighted by molar-refractivity contribution is 7.92. The quantitative estimate of drug-likeness (QED) is 0.702. The van der Waals surface area contributed by atoms with E-state index in [4.69, 9.17) is 0 Å². The number of anilines is 2. The molecule has 1 aliphatic heterocycles. The van der Waals surface area contributed by atoms with E-state index < -0.39 is 10.0 Å². The number of rotatable bonds is 4. The van der Waals surface area contributed by atoms with E-state index in [9.17, 15) is 13.2 Å². The Labute approximate surface area is 171 Å². The number of carbonyl (C=O) groups excluding carboxylic acids is 1. The first-order valence-electron chi connectivity index (χ1n) is 9.45. The lowest BCUT2D eigenvalue weighted by atomic mass is 10.1. The minimum Gasteiger partial charge on any atom is -0.308 e. The molecule has 0 saturated carbocycles. The van der Waals surface area contributed by atoms with Gasteiger partial charge in [0.1, 0.15) is 0 Å². The second-order valence-electron chi connectivity index (χ2n) is 7.29. The smallest absolute Gasteiger partial charge is 0.262 e. The third kappa shape index (κ3) is 3.76. The summed E-state index contributed by atoms with van der Waals surface area (Å²) in [5.74, 6) is -0.136. The summed E-state index contributed by atoms with van der Waals surface area (Å²) in [7, 11) is -3.75. The Morgan fingerprint density at radius 3 is 2.59 bits per heavy atom. The van der Waals surface area contributed by atoms with Crippen molar-refractivity contribution in [2.75, 3.05) is 16.2 Å². The molecule has 4 rings (SSSR count). The van der Waals surface area contributed by atoms with Gasteiger partial charge in [-0.15, -0.1) is 0 Å². The number of para-hydroxylation sites is 1. The molecular formula is C23H22N2O3S. The fourth-order valence-corrected chi connectivity index (χ4v) is 5.01. The Bertz CT molecular complexity index is 1200. The highest BCUT2D eigenvalue weighted by Crippen LogP contribution is 2.29. The van der Waals surface area contributed by atoms with Crippen LogP contribution in [0, 0.1) is 13.8 Å². The van der Waals surface area contributed by atoms with Crippen molar-refractivity contribution in [3.63, 3.8) is 0 Å². The molecule has 6 heteroatoms. The Balaban J connectivity index is 1.61. The van der Waals surface area contributed by atoms with Crippen molar-refractivity contribution in [2.45, 2.75) is 25.2 Å². The number of aryl methyl sites for hydroxylation is 2. The number of hydrogen-bond acceptors (Lipinski definition) is 3. The standard InChI is InChI=1S/C23H22N2O3S/c1-16-10-11-17(2)22(14-16)29(27,28)24-20-8-5-7-19(15-20)23(26)25-13-12-18-6-3-4-9-21(18)25/h3-11,14-15,24H,12-13H2,1-2H3. The van der Waals surface area contributed by atoms with Gasteiger partial charge in [-0.1, -0.05) is 36.4 Å². The number of benzene rings is 3. The van der Waals surface area contributed by atoms with Crippen molar-refractivity contribution < 1.29 is 13.2 Å². The molecule has 3 aromatic rings. The van der Waals surface area contributed by atoms with Crippen LogP contribution in [0.25, 0.3) is 0 Å². The molecule has 0 atom stereocenters. The highest BCUT2D eigenvalue weighted by atomic mass is 32.2. The summed E-state index contributed by atoms with van der Waals surface area (Å²) >= 11 is 0. The third-order valence-corrected chi connectivity index (χ3v) is 6.65. The van der Waals surface area contributed by atoms with Crippen LogP contribution < -0.4 is 9.62 Å². The first kappa shape index (κ1) is 19.2. The number of carbonyl (C=O) groups is 1. The van der Waals surface area contributed by atoms with Gasteiger partial charge in [-0.25, -0.2) is 8.42 Å². The molecule has 3 aromatic carbocycles. The van der Waals surface area contributed by atoms with E-state index in [1.54, 1.807) is 48.2 Å². The maximum absolute atomic E-state index is 13.0. The lowest BCUT2D eigenvalue weighted by Gasteiger charge is -2.18. The average molecular weight is 407 g/mol. The molecule has 0 aliphatic carbocycles. The first-order valence-corrected chi connectivity index (χ1v) is 10.9. The lowest BCUT2D eigenvalue weighted by Crippen LogP contribution is -2.29. The summed E-state index contributed by atoms with van der Waals surface area (Å²) in [5, 5.41) is 0. The van der Waals surface area contributed by atoms with Crippen LogP contribution in [0.5, 0.6) is 0 Å². The van der Waals surface area contributed by atoms with Crippen molar-refractivity contribution in [3.05, 3.63) is 89.0 Å². The second kappa shape index (κ2) is 7.37. The normalized spacial score (nSPS) is 13.2. The van der Waals surface area contributed by atoms with Gasteiger partial charge in [0.15, 0.2) is 0 Å². The van der Waals surface area contributed by atoms with Gasteiger partial charge >= 0.3 is 0 Å². The van der Waals surface area contributed by atoms with Crippen LogP contribution in [-0.2, 0) is 16.4 Å². The van der Waals surface area contributed by atoms with Crippen molar-refractivity contribution >= 4 is 27.3 Å². The van der Waals surface area contributed by atoms with Gasteiger partial charge in [0.25, 0.3) is 15.9 Å². The monoisotopic (exact) mass is 406 g/mol. The van der Waals surface area contributed by atoms with Gasteiger partial charge in [0.2, 0.25) is 0 Å². The molecule has 0 radical (unpaired) electrons. The molecule has 0 bridgehead atoms. The fourth-order valence-electron chi connectivity index (χ4n) is 3.63.